The maximum atomic E-state index is 3.85. The molecular weight excluding hydrogens is 374 g/mol. The zero-order valence-corrected chi connectivity index (χ0v) is 22.0. The summed E-state index contributed by atoms with van der Waals surface area (Å²) in [7, 11) is 0. The first-order valence-electron chi connectivity index (χ1n) is 14.1. The van der Waals surface area contributed by atoms with Crippen molar-refractivity contribution in [2.75, 3.05) is 0 Å². The molecule has 0 aromatic rings. The monoisotopic (exact) mass is 429 g/mol. The molecule has 0 bridgehead atoms. The Bertz CT molecular complexity index is 653. The van der Waals surface area contributed by atoms with Crippen LogP contribution in [0.2, 0.25) is 0 Å². The van der Waals surface area contributed by atoms with Crippen molar-refractivity contribution in [2.24, 2.45) is 46.3 Å². The summed E-state index contributed by atoms with van der Waals surface area (Å²) in [6, 6.07) is 1.33. The summed E-state index contributed by atoms with van der Waals surface area (Å²) < 4.78 is 0. The molecule has 0 aliphatic heterocycles. The van der Waals surface area contributed by atoms with Gasteiger partial charge in [-0.2, -0.15) is 0 Å². The lowest BCUT2D eigenvalue weighted by Crippen LogP contribution is -2.52. The lowest BCUT2D eigenvalue weighted by atomic mass is 9.47. The van der Waals surface area contributed by atoms with Gasteiger partial charge in [0.1, 0.15) is 0 Å². The lowest BCUT2D eigenvalue weighted by molar-refractivity contribution is -0.0516. The van der Waals surface area contributed by atoms with E-state index in [2.05, 4.69) is 59.9 Å². The van der Waals surface area contributed by atoms with Crippen LogP contribution in [0.1, 0.15) is 121 Å². The van der Waals surface area contributed by atoms with Crippen molar-refractivity contribution < 1.29 is 1.43 Å². The van der Waals surface area contributed by atoms with Crippen LogP contribution in [0.4, 0.5) is 0 Å². The first-order valence-corrected chi connectivity index (χ1v) is 14.1. The Morgan fingerprint density at radius 3 is 2.45 bits per heavy atom. The van der Waals surface area contributed by atoms with Crippen molar-refractivity contribution in [1.82, 2.24) is 5.32 Å². The molecule has 4 aliphatic carbocycles. The molecule has 1 heteroatoms. The molecule has 0 aromatic heterocycles. The Morgan fingerprint density at radius 1 is 0.968 bits per heavy atom. The second kappa shape index (κ2) is 9.15. The highest BCUT2D eigenvalue weighted by atomic mass is 14.9. The molecular formula is C30H55N. The number of hydrogen-bond acceptors (Lipinski definition) is 1. The molecule has 1 nitrogen and oxygen atoms in total. The van der Waals surface area contributed by atoms with Gasteiger partial charge in [-0.15, -0.1) is 0 Å². The van der Waals surface area contributed by atoms with Crippen LogP contribution >= 0.6 is 0 Å². The Morgan fingerprint density at radius 2 is 1.74 bits per heavy atom. The quantitative estimate of drug-likeness (QED) is 0.399. The molecule has 8 atom stereocenters. The summed E-state index contributed by atoms with van der Waals surface area (Å²) >= 11 is 0. The average molecular weight is 430 g/mol. The molecule has 0 amide bonds. The summed E-state index contributed by atoms with van der Waals surface area (Å²) in [5.74, 6) is 5.69. The predicted octanol–water partition coefficient (Wildman–Crippen LogP) is 8.64. The fourth-order valence-electron chi connectivity index (χ4n) is 9.30. The van der Waals surface area contributed by atoms with Gasteiger partial charge >= 0.3 is 0 Å². The minimum absolute atomic E-state index is 0. The number of rotatable bonds is 7. The largest absolute Gasteiger partial charge is 0.311 e. The second-order valence-corrected chi connectivity index (χ2v) is 13.6. The van der Waals surface area contributed by atoms with Gasteiger partial charge in [0.25, 0.3) is 0 Å². The summed E-state index contributed by atoms with van der Waals surface area (Å²) in [5.41, 5.74) is 2.95. The van der Waals surface area contributed by atoms with Crippen LogP contribution in [-0.2, 0) is 0 Å². The van der Waals surface area contributed by atoms with E-state index in [4.69, 9.17) is 0 Å². The number of hydrogen-bond donors (Lipinski definition) is 1. The van der Waals surface area contributed by atoms with Gasteiger partial charge in [-0.25, -0.2) is 0 Å². The van der Waals surface area contributed by atoms with Gasteiger partial charge in [0.15, 0.2) is 0 Å². The average Bonchev–Trinajstić information content (AvgIpc) is 3.05. The second-order valence-electron chi connectivity index (χ2n) is 13.6. The smallest absolute Gasteiger partial charge is 0.0107 e. The molecule has 1 N–H and O–H groups in total. The van der Waals surface area contributed by atoms with Crippen LogP contribution in [-0.4, -0.2) is 12.1 Å². The summed E-state index contributed by atoms with van der Waals surface area (Å²) in [6.45, 7) is 17.4. The van der Waals surface area contributed by atoms with Crippen molar-refractivity contribution in [3.63, 3.8) is 0 Å². The highest BCUT2D eigenvalue weighted by Crippen LogP contribution is 2.67. The van der Waals surface area contributed by atoms with E-state index >= 15 is 0 Å². The van der Waals surface area contributed by atoms with Gasteiger partial charge in [-0.3, -0.25) is 0 Å². The molecule has 0 heterocycles. The lowest BCUT2D eigenvalue weighted by Gasteiger charge is -2.58. The molecule has 3 saturated carbocycles. The molecule has 0 spiro atoms. The maximum Gasteiger partial charge on any atom is 0.0107 e. The normalized spacial score (nSPS) is 43.4. The van der Waals surface area contributed by atoms with E-state index < -0.39 is 0 Å². The summed E-state index contributed by atoms with van der Waals surface area (Å²) in [5, 5.41) is 3.85. The van der Waals surface area contributed by atoms with Gasteiger partial charge in [0, 0.05) is 13.5 Å². The van der Waals surface area contributed by atoms with Gasteiger partial charge < -0.3 is 5.32 Å². The van der Waals surface area contributed by atoms with Crippen LogP contribution in [0.3, 0.4) is 0 Å². The van der Waals surface area contributed by atoms with Crippen LogP contribution in [0.5, 0.6) is 0 Å². The Hall–Kier alpha value is -0.300. The van der Waals surface area contributed by atoms with Crippen molar-refractivity contribution in [3.8, 4) is 0 Å². The highest BCUT2D eigenvalue weighted by molar-refractivity contribution is 5.26. The zero-order chi connectivity index (χ0) is 22.4. The first kappa shape index (κ1) is 23.8. The Balaban J connectivity index is 0.00000289. The van der Waals surface area contributed by atoms with Crippen molar-refractivity contribution in [1.29, 1.82) is 0 Å². The molecule has 0 saturated heterocycles. The maximum absolute atomic E-state index is 3.85. The van der Waals surface area contributed by atoms with Crippen molar-refractivity contribution >= 4 is 0 Å². The van der Waals surface area contributed by atoms with Gasteiger partial charge in [0.2, 0.25) is 0 Å². The minimum Gasteiger partial charge on any atom is -0.311 e. The van der Waals surface area contributed by atoms with E-state index in [1.165, 1.54) is 70.6 Å². The van der Waals surface area contributed by atoms with E-state index in [1.807, 2.05) is 5.57 Å². The predicted molar refractivity (Wildman–Crippen MR) is 137 cm³/mol. The molecule has 180 valence electrons. The summed E-state index contributed by atoms with van der Waals surface area (Å²) in [6.07, 6.45) is 18.6. The van der Waals surface area contributed by atoms with Gasteiger partial charge in [0.05, 0.1) is 0 Å². The third-order valence-electron chi connectivity index (χ3n) is 10.9. The molecule has 3 fully saturated rings. The number of fused-ring (bicyclic) bond motifs is 5. The van der Waals surface area contributed by atoms with E-state index in [-0.39, 0.29) is 1.43 Å². The van der Waals surface area contributed by atoms with E-state index in [0.29, 0.717) is 22.9 Å². The molecule has 4 aliphatic rings. The highest BCUT2D eigenvalue weighted by Gasteiger charge is 2.59. The molecule has 0 radical (unpaired) electrons. The van der Waals surface area contributed by atoms with Crippen LogP contribution < -0.4 is 5.32 Å². The Kier molecular flexibility index (Phi) is 7.04. The van der Waals surface area contributed by atoms with Crippen LogP contribution in [0.15, 0.2) is 11.6 Å². The van der Waals surface area contributed by atoms with E-state index in [9.17, 15) is 0 Å². The van der Waals surface area contributed by atoms with Crippen molar-refractivity contribution in [3.05, 3.63) is 11.6 Å². The van der Waals surface area contributed by atoms with Gasteiger partial charge in [-0.05, 0) is 97.7 Å². The van der Waals surface area contributed by atoms with E-state index in [1.54, 1.807) is 0 Å². The topological polar surface area (TPSA) is 12.0 Å². The molecule has 0 aromatic carbocycles. The summed E-state index contributed by atoms with van der Waals surface area (Å²) in [4.78, 5) is 0. The number of nitrogens with one attached hydrogen (secondary N) is 1. The molecule has 31 heavy (non-hydrogen) atoms. The fourth-order valence-corrected chi connectivity index (χ4v) is 9.30. The Labute approximate surface area is 196 Å². The number of allylic oxidation sites excluding steroid dienone is 1. The molecule has 4 rings (SSSR count). The first-order chi connectivity index (χ1) is 14.6. The third kappa shape index (κ3) is 4.43. The zero-order valence-electron chi connectivity index (χ0n) is 22.0. The molecule has 8 unspecified atom stereocenters. The third-order valence-corrected chi connectivity index (χ3v) is 10.9. The van der Waals surface area contributed by atoms with Crippen LogP contribution in [0, 0.1) is 46.3 Å². The van der Waals surface area contributed by atoms with Crippen LogP contribution in [0.25, 0.3) is 0 Å². The van der Waals surface area contributed by atoms with Gasteiger partial charge in [-0.1, -0.05) is 79.4 Å². The SMILES string of the molecule is CC(C)CCCC(C)C1CCC2C3CC=C4CC(NC(C)C)CCC4(C)C3CCC12C.[HH]. The standard InChI is InChI=1S/C30H53N.H2/c1-20(2)9-8-10-22(5)26-13-14-27-25-12-11-23-19-24(31-21(3)4)15-17-29(23,6)28(25)16-18-30(26,27)7;/h11,20-22,24-28,31H,8-10,12-19H2,1-7H3;1H. The van der Waals surface area contributed by atoms with Crippen molar-refractivity contribution in [2.45, 2.75) is 131 Å². The minimum atomic E-state index is 0. The van der Waals surface area contributed by atoms with E-state index in [0.717, 1.165) is 35.5 Å². The fraction of sp³-hybridized carbons (Fsp3) is 0.933.